The Kier molecular flexibility index (Phi) is 4.04. The summed E-state index contributed by atoms with van der Waals surface area (Å²) in [6.45, 7) is 0.570. The fourth-order valence-electron chi connectivity index (χ4n) is 3.00. The Labute approximate surface area is 145 Å². The number of para-hydroxylation sites is 2. The van der Waals surface area contributed by atoms with Crippen molar-refractivity contribution in [1.29, 1.82) is 0 Å². The van der Waals surface area contributed by atoms with Gasteiger partial charge in [-0.15, -0.1) is 0 Å². The minimum absolute atomic E-state index is 0.124. The zero-order chi connectivity index (χ0) is 17.1. The second kappa shape index (κ2) is 6.65. The molecule has 0 aliphatic carbocycles. The molecule has 25 heavy (non-hydrogen) atoms. The maximum Gasteiger partial charge on any atom is 0.269 e. The Balaban J connectivity index is 1.44. The van der Waals surface area contributed by atoms with Crippen molar-refractivity contribution in [3.63, 3.8) is 0 Å². The second-order valence-electron chi connectivity index (χ2n) is 5.85. The van der Waals surface area contributed by atoms with Crippen LogP contribution in [0.15, 0.2) is 73.3 Å². The molecule has 2 aromatic carbocycles. The maximum absolute atomic E-state index is 12.5. The number of H-pyrrole nitrogens is 1. The Morgan fingerprint density at radius 3 is 2.76 bits per heavy atom. The fraction of sp³-hybridized carbons (Fsp3) is 0.100. The number of aromatic nitrogens is 3. The van der Waals surface area contributed by atoms with Gasteiger partial charge in [-0.1, -0.05) is 36.4 Å². The van der Waals surface area contributed by atoms with E-state index in [1.807, 2.05) is 48.7 Å². The van der Waals surface area contributed by atoms with E-state index in [1.54, 1.807) is 17.1 Å². The number of amides is 1. The van der Waals surface area contributed by atoms with Gasteiger partial charge in [0.1, 0.15) is 5.69 Å². The van der Waals surface area contributed by atoms with E-state index in [0.29, 0.717) is 12.2 Å². The highest BCUT2D eigenvalue weighted by Gasteiger charge is 2.12. The van der Waals surface area contributed by atoms with Gasteiger partial charge in [-0.3, -0.25) is 9.36 Å². The molecule has 4 rings (SSSR count). The first kappa shape index (κ1) is 15.2. The summed E-state index contributed by atoms with van der Waals surface area (Å²) in [5.74, 6) is -0.124. The molecular weight excluding hydrogens is 312 g/mol. The SMILES string of the molecule is O=C(NCCc1c[nH]c2ccccc12)c1cncn1-c1ccccc1. The molecule has 0 saturated heterocycles. The van der Waals surface area contributed by atoms with E-state index in [0.717, 1.165) is 17.6 Å². The average Bonchev–Trinajstić information content (AvgIpc) is 3.30. The van der Waals surface area contributed by atoms with Gasteiger partial charge < -0.3 is 10.3 Å². The van der Waals surface area contributed by atoms with Gasteiger partial charge in [0.25, 0.3) is 5.91 Å². The topological polar surface area (TPSA) is 62.7 Å². The molecule has 0 aliphatic heterocycles. The molecule has 5 nitrogen and oxygen atoms in total. The smallest absolute Gasteiger partial charge is 0.269 e. The predicted octanol–water partition coefficient (Wildman–Crippen LogP) is 3.33. The van der Waals surface area contributed by atoms with Gasteiger partial charge in [0.15, 0.2) is 0 Å². The molecule has 4 aromatic rings. The van der Waals surface area contributed by atoms with Crippen LogP contribution in [0.3, 0.4) is 0 Å². The largest absolute Gasteiger partial charge is 0.361 e. The molecule has 0 bridgehead atoms. The standard InChI is InChI=1S/C20H18N4O/c25-20(19-13-21-14-24(19)16-6-2-1-3-7-16)22-11-10-15-12-23-18-9-5-4-8-17(15)18/h1-9,12-14,23H,10-11H2,(H,22,25). The van der Waals surface area contributed by atoms with E-state index < -0.39 is 0 Å². The number of hydrogen-bond donors (Lipinski definition) is 2. The molecule has 0 radical (unpaired) electrons. The van der Waals surface area contributed by atoms with Crippen molar-refractivity contribution in [3.8, 4) is 5.69 Å². The molecule has 0 atom stereocenters. The van der Waals surface area contributed by atoms with Crippen molar-refractivity contribution in [1.82, 2.24) is 19.9 Å². The van der Waals surface area contributed by atoms with Crippen LogP contribution in [0, 0.1) is 0 Å². The van der Waals surface area contributed by atoms with Gasteiger partial charge in [-0.2, -0.15) is 0 Å². The maximum atomic E-state index is 12.5. The molecule has 0 saturated carbocycles. The summed E-state index contributed by atoms with van der Waals surface area (Å²) < 4.78 is 1.79. The molecule has 1 amide bonds. The number of nitrogens with one attached hydrogen (secondary N) is 2. The monoisotopic (exact) mass is 330 g/mol. The number of carbonyl (C=O) groups excluding carboxylic acids is 1. The lowest BCUT2D eigenvalue weighted by atomic mass is 10.1. The first-order chi connectivity index (χ1) is 12.3. The number of benzene rings is 2. The van der Waals surface area contributed by atoms with E-state index in [9.17, 15) is 4.79 Å². The Morgan fingerprint density at radius 2 is 1.88 bits per heavy atom. The van der Waals surface area contributed by atoms with E-state index in [2.05, 4.69) is 27.4 Å². The molecule has 0 aliphatic rings. The molecular formula is C20H18N4O. The Morgan fingerprint density at radius 1 is 1.08 bits per heavy atom. The molecule has 0 unspecified atom stereocenters. The van der Waals surface area contributed by atoms with Gasteiger partial charge in [0.2, 0.25) is 0 Å². The summed E-state index contributed by atoms with van der Waals surface area (Å²) >= 11 is 0. The van der Waals surface area contributed by atoms with Crippen LogP contribution in [0.4, 0.5) is 0 Å². The Hall–Kier alpha value is -3.34. The van der Waals surface area contributed by atoms with Gasteiger partial charge in [0.05, 0.1) is 12.5 Å². The zero-order valence-corrected chi connectivity index (χ0v) is 13.6. The van der Waals surface area contributed by atoms with Crippen LogP contribution < -0.4 is 5.32 Å². The highest BCUT2D eigenvalue weighted by Crippen LogP contribution is 2.17. The summed E-state index contributed by atoms with van der Waals surface area (Å²) in [4.78, 5) is 19.9. The van der Waals surface area contributed by atoms with Crippen LogP contribution in [0.1, 0.15) is 16.1 Å². The molecule has 5 heteroatoms. The highest BCUT2D eigenvalue weighted by molar-refractivity contribution is 5.93. The minimum atomic E-state index is -0.124. The van der Waals surface area contributed by atoms with Crippen molar-refractivity contribution in [2.45, 2.75) is 6.42 Å². The summed E-state index contributed by atoms with van der Waals surface area (Å²) in [6.07, 6.45) is 6.03. The van der Waals surface area contributed by atoms with Gasteiger partial charge in [0, 0.05) is 29.3 Å². The number of nitrogens with zero attached hydrogens (tertiary/aromatic N) is 2. The lowest BCUT2D eigenvalue weighted by Gasteiger charge is -2.08. The van der Waals surface area contributed by atoms with Crippen molar-refractivity contribution in [3.05, 3.63) is 84.6 Å². The summed E-state index contributed by atoms with van der Waals surface area (Å²) in [6, 6.07) is 17.9. The predicted molar refractivity (Wildman–Crippen MR) is 97.9 cm³/mol. The molecule has 0 fully saturated rings. The second-order valence-corrected chi connectivity index (χ2v) is 5.85. The van der Waals surface area contributed by atoms with E-state index in [1.165, 1.54) is 10.9 Å². The lowest BCUT2D eigenvalue weighted by Crippen LogP contribution is -2.27. The minimum Gasteiger partial charge on any atom is -0.361 e. The van der Waals surface area contributed by atoms with Crippen molar-refractivity contribution < 1.29 is 4.79 Å². The lowest BCUT2D eigenvalue weighted by molar-refractivity contribution is 0.0947. The molecule has 0 spiro atoms. The first-order valence-corrected chi connectivity index (χ1v) is 8.24. The van der Waals surface area contributed by atoms with Crippen LogP contribution in [-0.2, 0) is 6.42 Å². The third-order valence-corrected chi connectivity index (χ3v) is 4.26. The van der Waals surface area contributed by atoms with Gasteiger partial charge in [-0.25, -0.2) is 4.98 Å². The zero-order valence-electron chi connectivity index (χ0n) is 13.6. The van der Waals surface area contributed by atoms with E-state index in [4.69, 9.17) is 0 Å². The number of hydrogen-bond acceptors (Lipinski definition) is 2. The Bertz CT molecular complexity index is 1000. The summed E-state index contributed by atoms with van der Waals surface area (Å²) in [5, 5.41) is 4.18. The molecule has 2 N–H and O–H groups in total. The summed E-state index contributed by atoms with van der Waals surface area (Å²) in [7, 11) is 0. The van der Waals surface area contributed by atoms with Crippen LogP contribution in [0.2, 0.25) is 0 Å². The van der Waals surface area contributed by atoms with Crippen molar-refractivity contribution >= 4 is 16.8 Å². The van der Waals surface area contributed by atoms with Crippen molar-refractivity contribution in [2.75, 3.05) is 6.54 Å². The van der Waals surface area contributed by atoms with Crippen LogP contribution in [0.25, 0.3) is 16.6 Å². The third-order valence-electron chi connectivity index (χ3n) is 4.26. The summed E-state index contributed by atoms with van der Waals surface area (Å²) in [5.41, 5.74) is 3.77. The number of carbonyl (C=O) groups is 1. The number of aromatic amines is 1. The third kappa shape index (κ3) is 3.04. The van der Waals surface area contributed by atoms with Gasteiger partial charge in [-0.05, 0) is 30.2 Å². The normalized spacial score (nSPS) is 10.9. The van der Waals surface area contributed by atoms with Crippen LogP contribution in [-0.4, -0.2) is 27.0 Å². The number of fused-ring (bicyclic) bond motifs is 1. The average molecular weight is 330 g/mol. The quantitative estimate of drug-likeness (QED) is 0.589. The first-order valence-electron chi connectivity index (χ1n) is 8.24. The number of imidazole rings is 1. The molecule has 2 heterocycles. The van der Waals surface area contributed by atoms with E-state index in [-0.39, 0.29) is 5.91 Å². The molecule has 2 aromatic heterocycles. The van der Waals surface area contributed by atoms with Crippen molar-refractivity contribution in [2.24, 2.45) is 0 Å². The molecule has 124 valence electrons. The fourth-order valence-corrected chi connectivity index (χ4v) is 3.00. The van der Waals surface area contributed by atoms with Gasteiger partial charge >= 0.3 is 0 Å². The number of rotatable bonds is 5. The van der Waals surface area contributed by atoms with Crippen LogP contribution >= 0.6 is 0 Å². The van der Waals surface area contributed by atoms with Crippen LogP contribution in [0.5, 0.6) is 0 Å². The highest BCUT2D eigenvalue weighted by atomic mass is 16.1. The van der Waals surface area contributed by atoms with E-state index >= 15 is 0 Å².